The molecule has 2 heterocycles. The number of hydrogen-bond donors (Lipinski definition) is 1. The SMILES string of the molecule is C1COC2CNCC2O1.Cl. The summed E-state index contributed by atoms with van der Waals surface area (Å²) < 4.78 is 10.8. The molecule has 0 radical (unpaired) electrons. The van der Waals surface area contributed by atoms with Gasteiger partial charge in [-0.2, -0.15) is 0 Å². The summed E-state index contributed by atoms with van der Waals surface area (Å²) in [5.41, 5.74) is 0. The van der Waals surface area contributed by atoms with Crippen LogP contribution in [0.1, 0.15) is 0 Å². The smallest absolute Gasteiger partial charge is 0.0974 e. The molecule has 0 saturated carbocycles. The topological polar surface area (TPSA) is 30.5 Å². The second-order valence-electron chi connectivity index (χ2n) is 2.48. The molecule has 60 valence electrons. The lowest BCUT2D eigenvalue weighted by Gasteiger charge is -2.24. The van der Waals surface area contributed by atoms with Crippen molar-refractivity contribution in [2.24, 2.45) is 0 Å². The largest absolute Gasteiger partial charge is 0.372 e. The molecular formula is C6H12ClNO2. The van der Waals surface area contributed by atoms with Crippen molar-refractivity contribution in [2.45, 2.75) is 12.2 Å². The van der Waals surface area contributed by atoms with E-state index in [1.54, 1.807) is 0 Å². The summed E-state index contributed by atoms with van der Waals surface area (Å²) in [6.45, 7) is 3.46. The van der Waals surface area contributed by atoms with Gasteiger partial charge >= 0.3 is 0 Å². The molecule has 0 aliphatic carbocycles. The van der Waals surface area contributed by atoms with Gasteiger partial charge in [-0.25, -0.2) is 0 Å². The molecule has 2 atom stereocenters. The van der Waals surface area contributed by atoms with E-state index in [1.165, 1.54) is 0 Å². The van der Waals surface area contributed by atoms with Gasteiger partial charge in [-0.05, 0) is 0 Å². The standard InChI is InChI=1S/C6H11NO2.ClH/c1-2-9-6-4-7-3-5(6)8-1;/h5-7H,1-4H2;1H. The van der Waals surface area contributed by atoms with Gasteiger partial charge in [0.1, 0.15) is 0 Å². The third-order valence-corrected chi connectivity index (χ3v) is 1.85. The van der Waals surface area contributed by atoms with Crippen LogP contribution in [0.4, 0.5) is 0 Å². The highest BCUT2D eigenvalue weighted by atomic mass is 35.5. The normalized spacial score (nSPS) is 38.4. The molecule has 4 heteroatoms. The van der Waals surface area contributed by atoms with Gasteiger partial charge in [-0.15, -0.1) is 12.4 Å². The lowest BCUT2D eigenvalue weighted by atomic mass is 10.2. The maximum atomic E-state index is 5.41. The molecular weight excluding hydrogens is 154 g/mol. The van der Waals surface area contributed by atoms with Crippen LogP contribution in [0.15, 0.2) is 0 Å². The van der Waals surface area contributed by atoms with Crippen LogP contribution in [0.25, 0.3) is 0 Å². The van der Waals surface area contributed by atoms with Crippen LogP contribution in [0.2, 0.25) is 0 Å². The van der Waals surface area contributed by atoms with E-state index in [0.29, 0.717) is 12.2 Å². The van der Waals surface area contributed by atoms with Crippen LogP contribution in [-0.2, 0) is 9.47 Å². The highest BCUT2D eigenvalue weighted by Gasteiger charge is 2.30. The zero-order chi connectivity index (χ0) is 6.10. The average molecular weight is 166 g/mol. The summed E-state index contributed by atoms with van der Waals surface area (Å²) in [7, 11) is 0. The van der Waals surface area contributed by atoms with E-state index in [4.69, 9.17) is 9.47 Å². The Hall–Kier alpha value is 0.170. The minimum absolute atomic E-state index is 0. The number of nitrogens with one attached hydrogen (secondary N) is 1. The molecule has 10 heavy (non-hydrogen) atoms. The third-order valence-electron chi connectivity index (χ3n) is 1.85. The van der Waals surface area contributed by atoms with Gasteiger partial charge in [0.25, 0.3) is 0 Å². The van der Waals surface area contributed by atoms with Crippen molar-refractivity contribution in [1.82, 2.24) is 5.32 Å². The van der Waals surface area contributed by atoms with Crippen LogP contribution < -0.4 is 5.32 Å². The van der Waals surface area contributed by atoms with E-state index in [-0.39, 0.29) is 12.4 Å². The average Bonchev–Trinajstić information content (AvgIpc) is 2.33. The van der Waals surface area contributed by atoms with E-state index in [0.717, 1.165) is 26.3 Å². The van der Waals surface area contributed by atoms with Crippen LogP contribution in [0.5, 0.6) is 0 Å². The van der Waals surface area contributed by atoms with E-state index in [2.05, 4.69) is 5.32 Å². The second-order valence-corrected chi connectivity index (χ2v) is 2.48. The lowest BCUT2D eigenvalue weighted by molar-refractivity contribution is -0.116. The molecule has 0 aromatic rings. The fraction of sp³-hybridized carbons (Fsp3) is 1.00. The Kier molecular flexibility index (Phi) is 2.92. The van der Waals surface area contributed by atoms with Crippen molar-refractivity contribution < 1.29 is 9.47 Å². The Morgan fingerprint density at radius 2 is 1.50 bits per heavy atom. The fourth-order valence-electron chi connectivity index (χ4n) is 1.36. The lowest BCUT2D eigenvalue weighted by Crippen LogP contribution is -2.36. The fourth-order valence-corrected chi connectivity index (χ4v) is 1.36. The van der Waals surface area contributed by atoms with Gasteiger partial charge in [0.15, 0.2) is 0 Å². The highest BCUT2D eigenvalue weighted by Crippen LogP contribution is 2.12. The Balaban J connectivity index is 0.000000500. The first kappa shape index (κ1) is 8.27. The molecule has 2 aliphatic heterocycles. The van der Waals surface area contributed by atoms with Crippen molar-refractivity contribution >= 4 is 12.4 Å². The van der Waals surface area contributed by atoms with Crippen LogP contribution in [0, 0.1) is 0 Å². The number of fused-ring (bicyclic) bond motifs is 1. The van der Waals surface area contributed by atoms with Crippen LogP contribution in [0.3, 0.4) is 0 Å². The molecule has 0 aromatic carbocycles. The van der Waals surface area contributed by atoms with E-state index >= 15 is 0 Å². The van der Waals surface area contributed by atoms with Gasteiger partial charge in [-0.3, -0.25) is 0 Å². The number of halogens is 1. The van der Waals surface area contributed by atoms with Crippen LogP contribution in [-0.4, -0.2) is 38.5 Å². The minimum atomic E-state index is 0. The Morgan fingerprint density at radius 1 is 1.00 bits per heavy atom. The van der Waals surface area contributed by atoms with Crippen molar-refractivity contribution in [3.8, 4) is 0 Å². The third kappa shape index (κ3) is 1.42. The number of ether oxygens (including phenoxy) is 2. The Labute approximate surface area is 66.5 Å². The number of rotatable bonds is 0. The van der Waals surface area contributed by atoms with Gasteiger partial charge in [0.05, 0.1) is 25.4 Å². The molecule has 2 fully saturated rings. The first-order valence-corrected chi connectivity index (χ1v) is 3.41. The van der Waals surface area contributed by atoms with Gasteiger partial charge in [-0.1, -0.05) is 0 Å². The molecule has 3 nitrogen and oxygen atoms in total. The zero-order valence-corrected chi connectivity index (χ0v) is 6.52. The molecule has 0 bridgehead atoms. The molecule has 0 amide bonds. The van der Waals surface area contributed by atoms with Crippen molar-refractivity contribution in [1.29, 1.82) is 0 Å². The summed E-state index contributed by atoms with van der Waals surface area (Å²) in [4.78, 5) is 0. The summed E-state index contributed by atoms with van der Waals surface area (Å²) in [6.07, 6.45) is 0.664. The molecule has 2 saturated heterocycles. The summed E-state index contributed by atoms with van der Waals surface area (Å²) in [5, 5.41) is 3.21. The van der Waals surface area contributed by atoms with Gasteiger partial charge in [0, 0.05) is 13.1 Å². The first-order chi connectivity index (χ1) is 4.47. The summed E-state index contributed by atoms with van der Waals surface area (Å²) in [5.74, 6) is 0. The highest BCUT2D eigenvalue weighted by molar-refractivity contribution is 5.85. The van der Waals surface area contributed by atoms with Crippen LogP contribution >= 0.6 is 12.4 Å². The van der Waals surface area contributed by atoms with Crippen molar-refractivity contribution in [2.75, 3.05) is 26.3 Å². The van der Waals surface area contributed by atoms with E-state index in [1.807, 2.05) is 0 Å². The minimum Gasteiger partial charge on any atom is -0.372 e. The summed E-state index contributed by atoms with van der Waals surface area (Å²) in [6, 6.07) is 0. The first-order valence-electron chi connectivity index (χ1n) is 3.41. The molecule has 2 aliphatic rings. The monoisotopic (exact) mass is 165 g/mol. The molecule has 0 spiro atoms. The predicted molar refractivity (Wildman–Crippen MR) is 39.6 cm³/mol. The quantitative estimate of drug-likeness (QED) is 0.539. The second kappa shape index (κ2) is 3.53. The zero-order valence-electron chi connectivity index (χ0n) is 5.71. The molecule has 2 unspecified atom stereocenters. The predicted octanol–water partition coefficient (Wildman–Crippen LogP) is -0.205. The summed E-state index contributed by atoms with van der Waals surface area (Å²) >= 11 is 0. The Morgan fingerprint density at radius 3 is 2.00 bits per heavy atom. The maximum absolute atomic E-state index is 5.41. The molecule has 2 rings (SSSR count). The maximum Gasteiger partial charge on any atom is 0.0974 e. The van der Waals surface area contributed by atoms with E-state index < -0.39 is 0 Å². The molecule has 1 N–H and O–H groups in total. The van der Waals surface area contributed by atoms with E-state index in [9.17, 15) is 0 Å². The van der Waals surface area contributed by atoms with Crippen molar-refractivity contribution in [3.63, 3.8) is 0 Å². The van der Waals surface area contributed by atoms with Crippen molar-refractivity contribution in [3.05, 3.63) is 0 Å². The van der Waals surface area contributed by atoms with Gasteiger partial charge < -0.3 is 14.8 Å². The van der Waals surface area contributed by atoms with Gasteiger partial charge in [0.2, 0.25) is 0 Å². The number of hydrogen-bond acceptors (Lipinski definition) is 3. The molecule has 0 aromatic heterocycles. The Bertz CT molecular complexity index is 99.9.